The summed E-state index contributed by atoms with van der Waals surface area (Å²) in [4.78, 5) is 22.0. The van der Waals surface area contributed by atoms with Crippen LogP contribution in [0.3, 0.4) is 0 Å². The van der Waals surface area contributed by atoms with Crippen molar-refractivity contribution in [2.75, 3.05) is 19.6 Å². The van der Waals surface area contributed by atoms with Gasteiger partial charge in [0.25, 0.3) is 5.69 Å². The van der Waals surface area contributed by atoms with Gasteiger partial charge in [0.1, 0.15) is 0 Å². The molecule has 1 aromatic carbocycles. The first kappa shape index (κ1) is 14.5. The molecule has 0 aromatic heterocycles. The van der Waals surface area contributed by atoms with E-state index < -0.39 is 4.92 Å². The Hall–Kier alpha value is -1.95. The molecule has 1 heterocycles. The minimum atomic E-state index is -0.414. The number of amides is 1. The number of rotatable bonds is 5. The minimum absolute atomic E-state index is 0.0903. The fourth-order valence-corrected chi connectivity index (χ4v) is 2.34. The summed E-state index contributed by atoms with van der Waals surface area (Å²) >= 11 is 0. The zero-order valence-electron chi connectivity index (χ0n) is 11.3. The minimum Gasteiger partial charge on any atom is -0.356 e. The largest absolute Gasteiger partial charge is 0.356 e. The van der Waals surface area contributed by atoms with Crippen LogP contribution in [0.25, 0.3) is 0 Å². The van der Waals surface area contributed by atoms with Crippen molar-refractivity contribution in [1.29, 1.82) is 0 Å². The second-order valence-electron chi connectivity index (χ2n) is 4.99. The third-order valence-electron chi connectivity index (χ3n) is 3.57. The van der Waals surface area contributed by atoms with Gasteiger partial charge in [-0.05, 0) is 37.9 Å². The Morgan fingerprint density at radius 2 is 1.95 bits per heavy atom. The van der Waals surface area contributed by atoms with E-state index in [9.17, 15) is 14.9 Å². The number of nitrogens with zero attached hydrogens (tertiary/aromatic N) is 1. The van der Waals surface area contributed by atoms with Gasteiger partial charge in [0.2, 0.25) is 5.91 Å². The van der Waals surface area contributed by atoms with E-state index in [2.05, 4.69) is 10.6 Å². The molecule has 0 bridgehead atoms. The summed E-state index contributed by atoms with van der Waals surface area (Å²) in [7, 11) is 0. The number of carbonyl (C=O) groups excluding carboxylic acids is 1. The van der Waals surface area contributed by atoms with Crippen molar-refractivity contribution >= 4 is 11.6 Å². The maximum atomic E-state index is 11.9. The molecule has 2 N–H and O–H groups in total. The Kier molecular flexibility index (Phi) is 5.06. The van der Waals surface area contributed by atoms with Gasteiger partial charge in [-0.1, -0.05) is 12.1 Å². The molecular weight excluding hydrogens is 258 g/mol. The lowest BCUT2D eigenvalue weighted by molar-refractivity contribution is -0.384. The quantitative estimate of drug-likeness (QED) is 0.626. The fourth-order valence-electron chi connectivity index (χ4n) is 2.34. The molecule has 0 saturated carbocycles. The third-order valence-corrected chi connectivity index (χ3v) is 3.57. The fraction of sp³-hybridized carbons (Fsp3) is 0.500. The van der Waals surface area contributed by atoms with Crippen LogP contribution in [-0.2, 0) is 11.2 Å². The van der Waals surface area contributed by atoms with Gasteiger partial charge in [-0.2, -0.15) is 0 Å². The molecule has 0 atom stereocenters. The van der Waals surface area contributed by atoms with E-state index in [-0.39, 0.29) is 17.5 Å². The number of carbonyl (C=O) groups is 1. The SMILES string of the molecule is O=C(NCCc1ccc([N+](=O)[O-])cc1)C1CCNCC1. The molecule has 0 aliphatic carbocycles. The maximum Gasteiger partial charge on any atom is 0.269 e. The van der Waals surface area contributed by atoms with Crippen molar-refractivity contribution < 1.29 is 9.72 Å². The van der Waals surface area contributed by atoms with Crippen LogP contribution < -0.4 is 10.6 Å². The molecule has 108 valence electrons. The highest BCUT2D eigenvalue weighted by Gasteiger charge is 2.20. The maximum absolute atomic E-state index is 11.9. The number of benzene rings is 1. The van der Waals surface area contributed by atoms with Gasteiger partial charge in [-0.3, -0.25) is 14.9 Å². The predicted octanol–water partition coefficient (Wildman–Crippen LogP) is 1.25. The Morgan fingerprint density at radius 1 is 1.30 bits per heavy atom. The highest BCUT2D eigenvalue weighted by molar-refractivity contribution is 5.78. The third kappa shape index (κ3) is 4.03. The summed E-state index contributed by atoms with van der Waals surface area (Å²) in [5.74, 6) is 0.238. The molecule has 1 fully saturated rings. The van der Waals surface area contributed by atoms with Crippen molar-refractivity contribution in [2.45, 2.75) is 19.3 Å². The van der Waals surface area contributed by atoms with E-state index in [0.717, 1.165) is 31.5 Å². The zero-order valence-corrected chi connectivity index (χ0v) is 11.3. The first-order valence-corrected chi connectivity index (χ1v) is 6.88. The van der Waals surface area contributed by atoms with E-state index in [1.54, 1.807) is 12.1 Å². The van der Waals surface area contributed by atoms with Crippen LogP contribution in [0.5, 0.6) is 0 Å². The van der Waals surface area contributed by atoms with Crippen LogP contribution in [0.1, 0.15) is 18.4 Å². The normalized spacial score (nSPS) is 15.8. The summed E-state index contributed by atoms with van der Waals surface area (Å²) in [6.07, 6.45) is 2.47. The molecule has 0 radical (unpaired) electrons. The van der Waals surface area contributed by atoms with Crippen LogP contribution in [0.15, 0.2) is 24.3 Å². The monoisotopic (exact) mass is 277 g/mol. The lowest BCUT2D eigenvalue weighted by Crippen LogP contribution is -2.38. The molecule has 1 aliphatic rings. The average molecular weight is 277 g/mol. The molecular formula is C14H19N3O3. The first-order chi connectivity index (χ1) is 9.66. The topological polar surface area (TPSA) is 84.3 Å². The highest BCUT2D eigenvalue weighted by Crippen LogP contribution is 2.13. The van der Waals surface area contributed by atoms with Crippen molar-refractivity contribution in [2.24, 2.45) is 5.92 Å². The Bertz CT molecular complexity index is 467. The number of nitro benzene ring substituents is 1. The van der Waals surface area contributed by atoms with Crippen molar-refractivity contribution in [3.63, 3.8) is 0 Å². The van der Waals surface area contributed by atoms with Crippen molar-refractivity contribution in [3.05, 3.63) is 39.9 Å². The number of piperidine rings is 1. The highest BCUT2D eigenvalue weighted by atomic mass is 16.6. The molecule has 0 spiro atoms. The van der Waals surface area contributed by atoms with Gasteiger partial charge in [0.15, 0.2) is 0 Å². The molecule has 1 aromatic rings. The molecule has 1 amide bonds. The average Bonchev–Trinajstić information content (AvgIpc) is 2.48. The van der Waals surface area contributed by atoms with Crippen molar-refractivity contribution in [1.82, 2.24) is 10.6 Å². The molecule has 20 heavy (non-hydrogen) atoms. The van der Waals surface area contributed by atoms with Gasteiger partial charge >= 0.3 is 0 Å². The lowest BCUT2D eigenvalue weighted by atomic mass is 9.97. The van der Waals surface area contributed by atoms with E-state index in [4.69, 9.17) is 0 Å². The summed E-state index contributed by atoms with van der Waals surface area (Å²) in [5, 5.41) is 16.7. The van der Waals surface area contributed by atoms with Gasteiger partial charge in [-0.15, -0.1) is 0 Å². The van der Waals surface area contributed by atoms with E-state index >= 15 is 0 Å². The molecule has 6 nitrogen and oxygen atoms in total. The second-order valence-corrected chi connectivity index (χ2v) is 4.99. The van der Waals surface area contributed by atoms with Crippen LogP contribution in [0.2, 0.25) is 0 Å². The Labute approximate surface area is 117 Å². The molecule has 6 heteroatoms. The summed E-state index contributed by atoms with van der Waals surface area (Å²) in [5.41, 5.74) is 1.08. The van der Waals surface area contributed by atoms with E-state index in [1.165, 1.54) is 12.1 Å². The van der Waals surface area contributed by atoms with Crippen LogP contribution >= 0.6 is 0 Å². The number of hydrogen-bond acceptors (Lipinski definition) is 4. The summed E-state index contributed by atoms with van der Waals surface area (Å²) in [6, 6.07) is 6.44. The summed E-state index contributed by atoms with van der Waals surface area (Å²) < 4.78 is 0. The predicted molar refractivity (Wildman–Crippen MR) is 75.4 cm³/mol. The molecule has 2 rings (SSSR count). The number of nitro groups is 1. The second kappa shape index (κ2) is 7.00. The van der Waals surface area contributed by atoms with Crippen LogP contribution in [0, 0.1) is 16.0 Å². The lowest BCUT2D eigenvalue weighted by Gasteiger charge is -2.21. The number of hydrogen-bond donors (Lipinski definition) is 2. The number of nitrogens with one attached hydrogen (secondary N) is 2. The van der Waals surface area contributed by atoms with Gasteiger partial charge < -0.3 is 10.6 Å². The molecule has 0 unspecified atom stereocenters. The van der Waals surface area contributed by atoms with Crippen LogP contribution in [-0.4, -0.2) is 30.5 Å². The van der Waals surface area contributed by atoms with Crippen molar-refractivity contribution in [3.8, 4) is 0 Å². The van der Waals surface area contributed by atoms with Gasteiger partial charge in [-0.25, -0.2) is 0 Å². The van der Waals surface area contributed by atoms with E-state index in [0.29, 0.717) is 13.0 Å². The molecule has 1 aliphatic heterocycles. The molecule has 1 saturated heterocycles. The van der Waals surface area contributed by atoms with Gasteiger partial charge in [0.05, 0.1) is 4.92 Å². The standard InChI is InChI=1S/C14H19N3O3/c18-14(12-6-8-15-9-7-12)16-10-5-11-1-3-13(4-2-11)17(19)20/h1-4,12,15H,5-10H2,(H,16,18). The van der Waals surface area contributed by atoms with Gasteiger partial charge in [0, 0.05) is 24.6 Å². The zero-order chi connectivity index (χ0) is 14.4. The van der Waals surface area contributed by atoms with Crippen LogP contribution in [0.4, 0.5) is 5.69 Å². The van der Waals surface area contributed by atoms with E-state index in [1.807, 2.05) is 0 Å². The summed E-state index contributed by atoms with van der Waals surface area (Å²) in [6.45, 7) is 2.38. The Morgan fingerprint density at radius 3 is 2.55 bits per heavy atom. The smallest absolute Gasteiger partial charge is 0.269 e. The number of non-ortho nitro benzene ring substituents is 1. The Balaban J connectivity index is 1.74. The first-order valence-electron chi connectivity index (χ1n) is 6.88.